The van der Waals surface area contributed by atoms with Crippen LogP contribution in [0.4, 0.5) is 24.0 Å². The topological polar surface area (TPSA) is 19.4 Å². The summed E-state index contributed by atoms with van der Waals surface area (Å²) in [6.45, 7) is 2.85. The molecule has 0 saturated carbocycles. The number of hydrogen-bond acceptors (Lipinski definition) is 4. The molecule has 3 nitrogen and oxygen atoms in total. The zero-order valence-electron chi connectivity index (χ0n) is 13.3. The number of hydrogen-bond donors (Lipinski definition) is 0. The highest BCUT2D eigenvalue weighted by molar-refractivity contribution is 7.22. The van der Waals surface area contributed by atoms with Crippen LogP contribution >= 0.6 is 11.3 Å². The molecule has 0 spiro atoms. The third-order valence-corrected chi connectivity index (χ3v) is 5.47. The van der Waals surface area contributed by atoms with Gasteiger partial charge in [-0.15, -0.1) is 0 Å². The van der Waals surface area contributed by atoms with Gasteiger partial charge in [-0.25, -0.2) is 4.98 Å². The highest BCUT2D eigenvalue weighted by atomic mass is 32.1. The summed E-state index contributed by atoms with van der Waals surface area (Å²) < 4.78 is 39.8. The van der Waals surface area contributed by atoms with E-state index in [0.29, 0.717) is 18.8 Å². The Morgan fingerprint density at radius 3 is 2.32 bits per heavy atom. The normalized spacial score (nSPS) is 15.8. The Morgan fingerprint density at radius 2 is 1.60 bits per heavy atom. The summed E-state index contributed by atoms with van der Waals surface area (Å²) >= 11 is 1.65. The van der Waals surface area contributed by atoms with E-state index in [9.17, 15) is 13.2 Å². The highest BCUT2D eigenvalue weighted by Gasteiger charge is 2.31. The molecule has 1 fully saturated rings. The van der Waals surface area contributed by atoms with Gasteiger partial charge in [-0.3, -0.25) is 0 Å². The second-order valence-electron chi connectivity index (χ2n) is 5.99. The van der Waals surface area contributed by atoms with E-state index in [1.165, 1.54) is 12.1 Å². The monoisotopic (exact) mass is 363 g/mol. The van der Waals surface area contributed by atoms with Crippen molar-refractivity contribution in [2.75, 3.05) is 36.0 Å². The molecule has 0 bridgehead atoms. The number of piperazine rings is 1. The van der Waals surface area contributed by atoms with Gasteiger partial charge < -0.3 is 9.80 Å². The van der Waals surface area contributed by atoms with Crippen molar-refractivity contribution in [1.82, 2.24) is 4.98 Å². The number of thiazole rings is 1. The van der Waals surface area contributed by atoms with Gasteiger partial charge in [-0.2, -0.15) is 13.2 Å². The summed E-state index contributed by atoms with van der Waals surface area (Å²) in [5.74, 6) is 0. The van der Waals surface area contributed by atoms with Gasteiger partial charge in [0.05, 0.1) is 15.8 Å². The lowest BCUT2D eigenvalue weighted by atomic mass is 10.1. The summed E-state index contributed by atoms with van der Waals surface area (Å²) in [6.07, 6.45) is -4.31. The van der Waals surface area contributed by atoms with Crippen LogP contribution in [0.25, 0.3) is 10.2 Å². The molecule has 2 aromatic carbocycles. The number of alkyl halides is 3. The molecule has 1 aliphatic heterocycles. The first-order valence-electron chi connectivity index (χ1n) is 8.03. The summed E-state index contributed by atoms with van der Waals surface area (Å²) in [5.41, 5.74) is 1.01. The van der Waals surface area contributed by atoms with Crippen molar-refractivity contribution in [2.24, 2.45) is 0 Å². The molecule has 7 heteroatoms. The van der Waals surface area contributed by atoms with Crippen LogP contribution < -0.4 is 9.80 Å². The van der Waals surface area contributed by atoms with Crippen LogP contribution in [0, 0.1) is 0 Å². The van der Waals surface area contributed by atoms with Gasteiger partial charge in [0.1, 0.15) is 0 Å². The molecule has 0 N–H and O–H groups in total. The SMILES string of the molecule is FC(F)(F)c1cccc(N2CCN(c3nc4ccccc4s3)CC2)c1. The van der Waals surface area contributed by atoms with E-state index < -0.39 is 11.7 Å². The number of anilines is 2. The third-order valence-electron chi connectivity index (χ3n) is 4.37. The van der Waals surface area contributed by atoms with Gasteiger partial charge in [0.2, 0.25) is 0 Å². The average molecular weight is 363 g/mol. The molecule has 0 amide bonds. The lowest BCUT2D eigenvalue weighted by Crippen LogP contribution is -2.46. The number of nitrogens with zero attached hydrogens (tertiary/aromatic N) is 3. The predicted octanol–water partition coefficient (Wildman–Crippen LogP) is 4.64. The van der Waals surface area contributed by atoms with Gasteiger partial charge >= 0.3 is 6.18 Å². The molecule has 1 saturated heterocycles. The molecular weight excluding hydrogens is 347 g/mol. The Bertz CT molecular complexity index is 849. The lowest BCUT2D eigenvalue weighted by Gasteiger charge is -2.36. The van der Waals surface area contributed by atoms with Gasteiger partial charge in [0.15, 0.2) is 5.13 Å². The van der Waals surface area contributed by atoms with E-state index in [4.69, 9.17) is 0 Å². The minimum absolute atomic E-state index is 0.599. The van der Waals surface area contributed by atoms with Crippen LogP contribution in [0.1, 0.15) is 5.56 Å². The number of benzene rings is 2. The molecule has 1 aliphatic rings. The molecule has 2 heterocycles. The van der Waals surface area contributed by atoms with Gasteiger partial charge in [0.25, 0.3) is 0 Å². The maximum Gasteiger partial charge on any atom is 0.416 e. The van der Waals surface area contributed by atoms with Crippen molar-refractivity contribution in [1.29, 1.82) is 0 Å². The molecule has 0 radical (unpaired) electrons. The lowest BCUT2D eigenvalue weighted by molar-refractivity contribution is -0.137. The molecule has 130 valence electrons. The predicted molar refractivity (Wildman–Crippen MR) is 95.5 cm³/mol. The van der Waals surface area contributed by atoms with E-state index >= 15 is 0 Å². The van der Waals surface area contributed by atoms with Crippen LogP contribution in [0.15, 0.2) is 48.5 Å². The maximum atomic E-state index is 12.9. The second-order valence-corrected chi connectivity index (χ2v) is 7.00. The minimum atomic E-state index is -4.31. The standard InChI is InChI=1S/C18H16F3N3S/c19-18(20,21)13-4-3-5-14(12-13)23-8-10-24(11-9-23)17-22-15-6-1-2-7-16(15)25-17/h1-7,12H,8-11H2. The molecule has 0 atom stereocenters. The van der Waals surface area contributed by atoms with Crippen molar-refractivity contribution in [3.63, 3.8) is 0 Å². The molecular formula is C18H16F3N3S. The molecule has 4 rings (SSSR count). The van der Waals surface area contributed by atoms with Gasteiger partial charge in [-0.1, -0.05) is 29.5 Å². The second kappa shape index (κ2) is 6.22. The fourth-order valence-electron chi connectivity index (χ4n) is 3.03. The largest absolute Gasteiger partial charge is 0.416 e. The van der Waals surface area contributed by atoms with E-state index in [1.807, 2.05) is 23.1 Å². The van der Waals surface area contributed by atoms with Gasteiger partial charge in [-0.05, 0) is 30.3 Å². The number of halogens is 3. The summed E-state index contributed by atoms with van der Waals surface area (Å²) in [6, 6.07) is 13.6. The molecule has 3 aromatic rings. The zero-order valence-corrected chi connectivity index (χ0v) is 14.1. The number of fused-ring (bicyclic) bond motifs is 1. The summed E-state index contributed by atoms with van der Waals surface area (Å²) in [7, 11) is 0. The quantitative estimate of drug-likeness (QED) is 0.661. The fraction of sp³-hybridized carbons (Fsp3) is 0.278. The highest BCUT2D eigenvalue weighted by Crippen LogP contribution is 2.33. The van der Waals surface area contributed by atoms with Crippen LogP contribution in [-0.4, -0.2) is 31.2 Å². The van der Waals surface area contributed by atoms with Crippen molar-refractivity contribution in [2.45, 2.75) is 6.18 Å². The minimum Gasteiger partial charge on any atom is -0.368 e. The smallest absolute Gasteiger partial charge is 0.368 e. The van der Waals surface area contributed by atoms with Crippen LogP contribution in [0.2, 0.25) is 0 Å². The Balaban J connectivity index is 1.48. The number of aromatic nitrogens is 1. The maximum absolute atomic E-state index is 12.9. The first-order valence-corrected chi connectivity index (χ1v) is 8.85. The Labute approximate surface area is 147 Å². The number of rotatable bonds is 2. The first-order chi connectivity index (χ1) is 12.0. The van der Waals surface area contributed by atoms with Crippen LogP contribution in [0.3, 0.4) is 0 Å². The Kier molecular flexibility index (Phi) is 4.03. The van der Waals surface area contributed by atoms with E-state index in [0.717, 1.165) is 34.5 Å². The van der Waals surface area contributed by atoms with Crippen molar-refractivity contribution >= 4 is 32.4 Å². The zero-order chi connectivity index (χ0) is 17.4. The Morgan fingerprint density at radius 1 is 0.880 bits per heavy atom. The third kappa shape index (κ3) is 3.28. The van der Waals surface area contributed by atoms with Crippen molar-refractivity contribution in [3.05, 3.63) is 54.1 Å². The summed E-state index contributed by atoms with van der Waals surface area (Å²) in [5, 5.41) is 0.977. The Hall–Kier alpha value is -2.28. The van der Waals surface area contributed by atoms with E-state index in [1.54, 1.807) is 17.4 Å². The average Bonchev–Trinajstić information content (AvgIpc) is 3.05. The van der Waals surface area contributed by atoms with Crippen molar-refractivity contribution in [3.8, 4) is 0 Å². The molecule has 0 unspecified atom stereocenters. The first kappa shape index (κ1) is 16.2. The molecule has 25 heavy (non-hydrogen) atoms. The molecule has 1 aromatic heterocycles. The van der Waals surface area contributed by atoms with Crippen LogP contribution in [0.5, 0.6) is 0 Å². The van der Waals surface area contributed by atoms with Gasteiger partial charge in [0, 0.05) is 31.9 Å². The van der Waals surface area contributed by atoms with E-state index in [-0.39, 0.29) is 0 Å². The van der Waals surface area contributed by atoms with Crippen molar-refractivity contribution < 1.29 is 13.2 Å². The number of para-hydroxylation sites is 1. The summed E-state index contributed by atoms with van der Waals surface area (Å²) in [4.78, 5) is 8.86. The van der Waals surface area contributed by atoms with E-state index in [2.05, 4.69) is 16.0 Å². The van der Waals surface area contributed by atoms with Crippen LogP contribution in [-0.2, 0) is 6.18 Å². The molecule has 0 aliphatic carbocycles. The fourth-order valence-corrected chi connectivity index (χ4v) is 4.05.